The lowest BCUT2D eigenvalue weighted by molar-refractivity contribution is -0.150. The van der Waals surface area contributed by atoms with Crippen molar-refractivity contribution in [3.8, 4) is 0 Å². The summed E-state index contributed by atoms with van der Waals surface area (Å²) in [6, 6.07) is 0. The van der Waals surface area contributed by atoms with E-state index in [1.165, 1.54) is 11.8 Å². The number of ether oxygens (including phenoxy) is 1. The van der Waals surface area contributed by atoms with Crippen LogP contribution in [0.3, 0.4) is 0 Å². The van der Waals surface area contributed by atoms with Gasteiger partial charge in [0, 0.05) is 11.8 Å². The molecule has 8 heteroatoms. The molecule has 0 aliphatic heterocycles. The zero-order valence-electron chi connectivity index (χ0n) is 16.4. The van der Waals surface area contributed by atoms with Gasteiger partial charge in [0.05, 0.1) is 13.2 Å². The maximum Gasteiger partial charge on any atom is 0.318 e. The second kappa shape index (κ2) is 8.37. The molecule has 0 aromatic carbocycles. The molecule has 5 nitrogen and oxygen atoms in total. The van der Waals surface area contributed by atoms with Crippen LogP contribution in [-0.2, 0) is 19.4 Å². The Morgan fingerprint density at radius 3 is 2.36 bits per heavy atom. The van der Waals surface area contributed by atoms with Crippen molar-refractivity contribution in [3.63, 3.8) is 0 Å². The van der Waals surface area contributed by atoms with E-state index >= 15 is 0 Å². The zero-order chi connectivity index (χ0) is 19.5. The fourth-order valence-corrected chi connectivity index (χ4v) is 3.70. The molecule has 0 amide bonds. The number of hydrogen-bond donors (Lipinski definition) is 0. The summed E-state index contributed by atoms with van der Waals surface area (Å²) in [5.74, 6) is -0.379. The Bertz CT molecular complexity index is 622. The molecule has 1 unspecified atom stereocenters. The van der Waals surface area contributed by atoms with Gasteiger partial charge in [0.15, 0.2) is 13.5 Å². The largest absolute Gasteiger partial charge is 0.465 e. The predicted molar refractivity (Wildman–Crippen MR) is 106 cm³/mol. The van der Waals surface area contributed by atoms with Crippen molar-refractivity contribution in [2.45, 2.75) is 63.3 Å². The molecule has 0 aliphatic rings. The van der Waals surface area contributed by atoms with Gasteiger partial charge in [0.25, 0.3) is 0 Å². The van der Waals surface area contributed by atoms with Crippen LogP contribution in [0.2, 0.25) is 23.3 Å². The maximum atomic E-state index is 12.7. The average molecular weight is 405 g/mol. The monoisotopic (exact) mass is 404 g/mol. The third-order valence-corrected chi connectivity index (χ3v) is 10.1. The molecule has 0 N–H and O–H groups in total. The molecule has 0 radical (unpaired) electrons. The first-order chi connectivity index (χ1) is 11.4. The first-order valence-electron chi connectivity index (χ1n) is 8.27. The van der Waals surface area contributed by atoms with Crippen LogP contribution in [0.25, 0.3) is 0 Å². The summed E-state index contributed by atoms with van der Waals surface area (Å²) in [6.45, 7) is 14.8. The Kier molecular flexibility index (Phi) is 7.50. The summed E-state index contributed by atoms with van der Waals surface area (Å²) < 4.78 is 11.6. The van der Waals surface area contributed by atoms with Gasteiger partial charge in [0.2, 0.25) is 0 Å². The molecule has 0 fully saturated rings. The van der Waals surface area contributed by atoms with Crippen LogP contribution in [0.5, 0.6) is 0 Å². The summed E-state index contributed by atoms with van der Waals surface area (Å²) in [6.07, 6.45) is 3.48. The zero-order valence-corrected chi connectivity index (χ0v) is 19.0. The van der Waals surface area contributed by atoms with Crippen LogP contribution in [-0.4, -0.2) is 43.7 Å². The Labute approximate surface area is 161 Å². The summed E-state index contributed by atoms with van der Waals surface area (Å²) in [5, 5.41) is 0.852. The van der Waals surface area contributed by atoms with Gasteiger partial charge in [-0.1, -0.05) is 44.1 Å². The van der Waals surface area contributed by atoms with E-state index in [1.54, 1.807) is 20.0 Å². The molecule has 0 spiro atoms. The lowest BCUT2D eigenvalue weighted by atomic mass is 9.85. The van der Waals surface area contributed by atoms with Crippen molar-refractivity contribution >= 4 is 37.6 Å². The van der Waals surface area contributed by atoms with E-state index in [2.05, 4.69) is 43.8 Å². The molecule has 25 heavy (non-hydrogen) atoms. The minimum absolute atomic E-state index is 0.0333. The van der Waals surface area contributed by atoms with Crippen LogP contribution < -0.4 is 0 Å². The van der Waals surface area contributed by atoms with Crippen LogP contribution in [0, 0.1) is 0 Å². The molecular weight excluding hydrogens is 376 g/mol. The average Bonchev–Trinajstić information content (AvgIpc) is 2.51. The van der Waals surface area contributed by atoms with Crippen molar-refractivity contribution in [2.75, 3.05) is 19.5 Å². The van der Waals surface area contributed by atoms with Crippen molar-refractivity contribution in [3.05, 3.63) is 16.9 Å². The predicted octanol–water partition coefficient (Wildman–Crippen LogP) is 4.69. The summed E-state index contributed by atoms with van der Waals surface area (Å²) in [5.41, 5.74) is -0.524. The van der Waals surface area contributed by atoms with Gasteiger partial charge in [-0.15, -0.1) is 0 Å². The van der Waals surface area contributed by atoms with Crippen LogP contribution in [0.15, 0.2) is 11.4 Å². The molecule has 1 aromatic heterocycles. The van der Waals surface area contributed by atoms with E-state index in [-0.39, 0.29) is 29.4 Å². The highest BCUT2D eigenvalue weighted by Gasteiger charge is 2.44. The molecule has 1 rings (SSSR count). The van der Waals surface area contributed by atoms with Crippen molar-refractivity contribution in [2.24, 2.45) is 0 Å². The molecule has 0 aliphatic carbocycles. The van der Waals surface area contributed by atoms with E-state index in [0.29, 0.717) is 10.7 Å². The third-order valence-electron chi connectivity index (χ3n) is 4.75. The fourth-order valence-electron chi connectivity index (χ4n) is 1.89. The van der Waals surface area contributed by atoms with E-state index < -0.39 is 13.7 Å². The van der Waals surface area contributed by atoms with E-state index in [1.807, 2.05) is 6.26 Å². The Balaban J connectivity index is 3.26. The molecule has 142 valence electrons. The van der Waals surface area contributed by atoms with Crippen molar-refractivity contribution < 1.29 is 14.0 Å². The number of carbonyl (C=O) groups excluding carboxylic acids is 1. The SMILES string of the molecule is CCOC(=O)C(C)(CO[Si](C)(C)C(C)(C)C)c1cnc(SC)nc1Cl. The molecule has 1 heterocycles. The highest BCUT2D eigenvalue weighted by molar-refractivity contribution is 7.98. The third kappa shape index (κ3) is 5.18. The molecule has 0 saturated heterocycles. The topological polar surface area (TPSA) is 61.3 Å². The second-order valence-corrected chi connectivity index (χ2v) is 13.6. The van der Waals surface area contributed by atoms with Crippen molar-refractivity contribution in [1.82, 2.24) is 9.97 Å². The smallest absolute Gasteiger partial charge is 0.318 e. The standard InChI is InChI=1S/C17H29ClN2O3SSi/c1-9-22-14(21)17(5,11-23-25(7,8)16(2,3)4)12-10-19-15(24-6)20-13(12)18/h10H,9,11H2,1-8H3. The van der Waals surface area contributed by atoms with Crippen LogP contribution in [0.1, 0.15) is 40.2 Å². The lowest BCUT2D eigenvalue weighted by Crippen LogP contribution is -2.47. The van der Waals surface area contributed by atoms with Gasteiger partial charge < -0.3 is 9.16 Å². The number of carbonyl (C=O) groups is 1. The van der Waals surface area contributed by atoms with E-state index in [9.17, 15) is 4.79 Å². The Morgan fingerprint density at radius 2 is 1.92 bits per heavy atom. The number of esters is 1. The van der Waals surface area contributed by atoms with Crippen LogP contribution in [0.4, 0.5) is 0 Å². The van der Waals surface area contributed by atoms with Gasteiger partial charge in [-0.3, -0.25) is 4.79 Å². The van der Waals surface area contributed by atoms with Gasteiger partial charge >= 0.3 is 5.97 Å². The van der Waals surface area contributed by atoms with Crippen LogP contribution >= 0.6 is 23.4 Å². The van der Waals surface area contributed by atoms with Gasteiger partial charge in [0.1, 0.15) is 10.6 Å². The van der Waals surface area contributed by atoms with Gasteiger partial charge in [-0.25, -0.2) is 9.97 Å². The normalized spacial score (nSPS) is 14.9. The quantitative estimate of drug-likeness (QED) is 0.216. The number of hydrogen-bond acceptors (Lipinski definition) is 6. The van der Waals surface area contributed by atoms with Gasteiger partial charge in [-0.05, 0) is 38.2 Å². The summed E-state index contributed by atoms with van der Waals surface area (Å²) >= 11 is 7.75. The first kappa shape index (κ1) is 22.4. The number of thioether (sulfide) groups is 1. The highest BCUT2D eigenvalue weighted by Crippen LogP contribution is 2.39. The Hall–Kier alpha value is -0.633. The minimum Gasteiger partial charge on any atom is -0.465 e. The summed E-state index contributed by atoms with van der Waals surface area (Å²) in [4.78, 5) is 21.3. The molecular formula is C17H29ClN2O3SSi. The number of nitrogens with zero attached hydrogens (tertiary/aromatic N) is 2. The second-order valence-electron chi connectivity index (χ2n) is 7.66. The van der Waals surface area contributed by atoms with Crippen molar-refractivity contribution in [1.29, 1.82) is 0 Å². The number of halogens is 1. The van der Waals surface area contributed by atoms with E-state index in [4.69, 9.17) is 20.8 Å². The Morgan fingerprint density at radius 1 is 1.32 bits per heavy atom. The number of rotatable bonds is 7. The maximum absolute atomic E-state index is 12.7. The molecule has 0 bridgehead atoms. The van der Waals surface area contributed by atoms with Gasteiger partial charge in [-0.2, -0.15) is 0 Å². The summed E-state index contributed by atoms with van der Waals surface area (Å²) in [7, 11) is -2.05. The highest BCUT2D eigenvalue weighted by atomic mass is 35.5. The fraction of sp³-hybridized carbons (Fsp3) is 0.706. The lowest BCUT2D eigenvalue weighted by Gasteiger charge is -2.39. The number of aromatic nitrogens is 2. The first-order valence-corrected chi connectivity index (χ1v) is 12.8. The minimum atomic E-state index is -2.05. The molecule has 1 atom stereocenters. The molecule has 0 saturated carbocycles. The van der Waals surface area contributed by atoms with E-state index in [0.717, 1.165) is 0 Å². The molecule has 1 aromatic rings.